The Bertz CT molecular complexity index is 886. The zero-order valence-corrected chi connectivity index (χ0v) is 17.0. The van der Waals surface area contributed by atoms with Crippen molar-refractivity contribution in [3.63, 3.8) is 0 Å². The molecule has 0 radical (unpaired) electrons. The monoisotopic (exact) mass is 395 g/mol. The van der Waals surface area contributed by atoms with Gasteiger partial charge in [-0.25, -0.2) is 0 Å². The van der Waals surface area contributed by atoms with Gasteiger partial charge in [0.25, 0.3) is 5.91 Å². The largest absolute Gasteiger partial charge is 0.497 e. The number of hydrogen-bond donors (Lipinski definition) is 0. The summed E-state index contributed by atoms with van der Waals surface area (Å²) in [6, 6.07) is 17.9. The van der Waals surface area contributed by atoms with Gasteiger partial charge in [0.2, 0.25) is 0 Å². The predicted molar refractivity (Wildman–Crippen MR) is 117 cm³/mol. The molecule has 0 aromatic heterocycles. The van der Waals surface area contributed by atoms with Crippen LogP contribution in [0.3, 0.4) is 0 Å². The van der Waals surface area contributed by atoms with Crippen molar-refractivity contribution in [3.8, 4) is 5.75 Å². The van der Waals surface area contributed by atoms with Gasteiger partial charge in [0, 0.05) is 6.54 Å². The highest BCUT2D eigenvalue weighted by Gasteiger charge is 2.31. The number of thiocarbonyl (C=S) groups is 1. The number of carbonyl (C=O) groups excluding carboxylic acids is 1. The van der Waals surface area contributed by atoms with Crippen LogP contribution in [0.25, 0.3) is 6.08 Å². The van der Waals surface area contributed by atoms with Crippen molar-refractivity contribution in [2.24, 2.45) is 0 Å². The van der Waals surface area contributed by atoms with E-state index in [4.69, 9.17) is 17.0 Å². The summed E-state index contributed by atoms with van der Waals surface area (Å²) in [6.45, 7) is 2.58. The molecule has 1 heterocycles. The topological polar surface area (TPSA) is 29.5 Å². The quantitative estimate of drug-likeness (QED) is 0.504. The second-order valence-corrected chi connectivity index (χ2v) is 7.91. The average Bonchev–Trinajstić information content (AvgIpc) is 2.94. The number of benzene rings is 2. The normalized spacial score (nSPS) is 16.3. The van der Waals surface area contributed by atoms with Crippen molar-refractivity contribution in [3.05, 3.63) is 82.3 Å². The van der Waals surface area contributed by atoms with E-state index < -0.39 is 0 Å². The molecule has 5 heteroatoms. The molecule has 0 saturated carbocycles. The van der Waals surface area contributed by atoms with E-state index in [1.807, 2.05) is 67.6 Å². The molecular formula is C22H21NO2S2. The summed E-state index contributed by atoms with van der Waals surface area (Å²) in [5, 5.41) is 0. The smallest absolute Gasteiger partial charge is 0.266 e. The Morgan fingerprint density at radius 2 is 1.85 bits per heavy atom. The van der Waals surface area contributed by atoms with E-state index in [1.54, 1.807) is 12.0 Å². The second-order valence-electron chi connectivity index (χ2n) is 6.23. The van der Waals surface area contributed by atoms with Gasteiger partial charge in [0.05, 0.1) is 12.0 Å². The van der Waals surface area contributed by atoms with E-state index in [0.717, 1.165) is 28.9 Å². The molecule has 3 rings (SSSR count). The van der Waals surface area contributed by atoms with Crippen LogP contribution in [-0.4, -0.2) is 28.8 Å². The van der Waals surface area contributed by atoms with Crippen LogP contribution in [0.1, 0.15) is 18.1 Å². The van der Waals surface area contributed by atoms with Crippen molar-refractivity contribution < 1.29 is 9.53 Å². The number of thioether (sulfide) groups is 1. The van der Waals surface area contributed by atoms with E-state index in [9.17, 15) is 4.79 Å². The molecule has 1 saturated heterocycles. The van der Waals surface area contributed by atoms with Gasteiger partial charge >= 0.3 is 0 Å². The number of ether oxygens (including phenoxy) is 1. The van der Waals surface area contributed by atoms with E-state index >= 15 is 0 Å². The molecule has 0 atom stereocenters. The molecule has 3 nitrogen and oxygen atoms in total. The lowest BCUT2D eigenvalue weighted by atomic mass is 10.1. The summed E-state index contributed by atoms with van der Waals surface area (Å²) < 4.78 is 5.79. The van der Waals surface area contributed by atoms with Crippen molar-refractivity contribution >= 4 is 40.3 Å². The fourth-order valence-corrected chi connectivity index (χ4v) is 4.14. The summed E-state index contributed by atoms with van der Waals surface area (Å²) in [5.74, 6) is 0.812. The molecule has 138 valence electrons. The highest BCUT2D eigenvalue weighted by atomic mass is 32.2. The molecule has 0 N–H and O–H groups in total. The van der Waals surface area contributed by atoms with Crippen molar-refractivity contribution in [2.45, 2.75) is 13.3 Å². The lowest BCUT2D eigenvalue weighted by Crippen LogP contribution is -2.30. The van der Waals surface area contributed by atoms with Crippen LogP contribution >= 0.6 is 24.0 Å². The molecule has 0 bridgehead atoms. The molecule has 0 unspecified atom stereocenters. The second kappa shape index (κ2) is 9.02. The van der Waals surface area contributed by atoms with Gasteiger partial charge in [0.15, 0.2) is 0 Å². The van der Waals surface area contributed by atoms with Crippen LogP contribution in [0, 0.1) is 0 Å². The van der Waals surface area contributed by atoms with Gasteiger partial charge in [-0.15, -0.1) is 0 Å². The maximum atomic E-state index is 12.7. The zero-order valence-electron chi connectivity index (χ0n) is 15.3. The Hall–Kier alpha value is -2.37. The lowest BCUT2D eigenvalue weighted by Gasteiger charge is -2.14. The average molecular weight is 396 g/mol. The van der Waals surface area contributed by atoms with Crippen LogP contribution in [0.15, 0.2) is 71.2 Å². The zero-order chi connectivity index (χ0) is 19.2. The van der Waals surface area contributed by atoms with Crippen LogP contribution in [0.4, 0.5) is 0 Å². The molecule has 0 spiro atoms. The maximum Gasteiger partial charge on any atom is 0.266 e. The first-order valence-electron chi connectivity index (χ1n) is 8.68. The Balaban J connectivity index is 1.66. The van der Waals surface area contributed by atoms with Crippen molar-refractivity contribution in [1.82, 2.24) is 4.90 Å². The Morgan fingerprint density at radius 1 is 1.15 bits per heavy atom. The number of carbonyl (C=O) groups is 1. The van der Waals surface area contributed by atoms with Gasteiger partial charge in [0.1, 0.15) is 10.1 Å². The van der Waals surface area contributed by atoms with E-state index in [-0.39, 0.29) is 5.91 Å². The van der Waals surface area contributed by atoms with Gasteiger partial charge < -0.3 is 4.74 Å². The molecule has 0 aliphatic carbocycles. The third-order valence-electron chi connectivity index (χ3n) is 4.21. The molecule has 2 aromatic carbocycles. The number of methoxy groups -OCH3 is 1. The lowest BCUT2D eigenvalue weighted by molar-refractivity contribution is -0.122. The number of nitrogens with zero attached hydrogens (tertiary/aromatic N) is 1. The van der Waals surface area contributed by atoms with Crippen molar-refractivity contribution in [1.29, 1.82) is 0 Å². The molecule has 2 aromatic rings. The first-order chi connectivity index (χ1) is 13.1. The summed E-state index contributed by atoms with van der Waals surface area (Å²) >= 11 is 6.79. The molecule has 1 aliphatic rings. The third kappa shape index (κ3) is 5.08. The van der Waals surface area contributed by atoms with Gasteiger partial charge in [-0.1, -0.05) is 72.5 Å². The Kier molecular flexibility index (Phi) is 6.48. The van der Waals surface area contributed by atoms with Crippen LogP contribution < -0.4 is 4.74 Å². The van der Waals surface area contributed by atoms with Gasteiger partial charge in [-0.05, 0) is 48.3 Å². The first kappa shape index (κ1) is 19.4. The van der Waals surface area contributed by atoms with Crippen LogP contribution in [-0.2, 0) is 11.2 Å². The van der Waals surface area contributed by atoms with E-state index in [0.29, 0.717) is 15.8 Å². The standard InChI is InChI=1S/C22H21NO2S2/c1-16(14-18-6-4-3-5-7-18)15-20-21(24)23(22(26)27-20)13-12-17-8-10-19(25-2)11-9-17/h3-11,14-15H,12-13H2,1-2H3/b16-14+,20-15-. The summed E-state index contributed by atoms with van der Waals surface area (Å²) in [5.41, 5.74) is 3.28. The minimum Gasteiger partial charge on any atom is -0.497 e. The fraction of sp³-hybridized carbons (Fsp3) is 0.182. The summed E-state index contributed by atoms with van der Waals surface area (Å²) in [7, 11) is 1.65. The van der Waals surface area contributed by atoms with Crippen LogP contribution in [0.2, 0.25) is 0 Å². The molecule has 1 fully saturated rings. The number of hydrogen-bond acceptors (Lipinski definition) is 4. The first-order valence-corrected chi connectivity index (χ1v) is 9.91. The summed E-state index contributed by atoms with van der Waals surface area (Å²) in [6.07, 6.45) is 4.73. The van der Waals surface area contributed by atoms with E-state index in [1.165, 1.54) is 11.8 Å². The summed E-state index contributed by atoms with van der Waals surface area (Å²) in [4.78, 5) is 15.1. The molecule has 27 heavy (non-hydrogen) atoms. The van der Waals surface area contributed by atoms with Gasteiger partial charge in [-0.3, -0.25) is 9.69 Å². The third-order valence-corrected chi connectivity index (χ3v) is 5.59. The van der Waals surface area contributed by atoms with Gasteiger partial charge in [-0.2, -0.15) is 0 Å². The van der Waals surface area contributed by atoms with Crippen molar-refractivity contribution in [2.75, 3.05) is 13.7 Å². The molecule has 1 aliphatic heterocycles. The highest BCUT2D eigenvalue weighted by Crippen LogP contribution is 2.32. The van der Waals surface area contributed by atoms with E-state index in [2.05, 4.69) is 6.08 Å². The minimum absolute atomic E-state index is 0.0145. The van der Waals surface area contributed by atoms with Crippen LogP contribution in [0.5, 0.6) is 5.75 Å². The maximum absolute atomic E-state index is 12.7. The molecular weight excluding hydrogens is 374 g/mol. The Labute approximate surface area is 169 Å². The number of amides is 1. The molecule has 1 amide bonds. The fourth-order valence-electron chi connectivity index (χ4n) is 2.79. The SMILES string of the molecule is COc1ccc(CCN2C(=O)/C(=C/C(C)=C/c3ccccc3)SC2=S)cc1. The predicted octanol–water partition coefficient (Wildman–Crippen LogP) is 5.09. The number of allylic oxidation sites excluding steroid dienone is 2. The Morgan fingerprint density at radius 3 is 2.52 bits per heavy atom. The number of rotatable bonds is 6. The highest BCUT2D eigenvalue weighted by molar-refractivity contribution is 8.26. The minimum atomic E-state index is -0.0145.